The number of carbonyl (C=O) groups is 1. The maximum absolute atomic E-state index is 12.5. The van der Waals surface area contributed by atoms with Crippen LogP contribution in [-0.4, -0.2) is 50.6 Å². The van der Waals surface area contributed by atoms with Crippen LogP contribution in [0.5, 0.6) is 0 Å². The van der Waals surface area contributed by atoms with E-state index in [9.17, 15) is 9.18 Å². The van der Waals surface area contributed by atoms with Crippen molar-refractivity contribution in [2.75, 3.05) is 25.0 Å². The van der Waals surface area contributed by atoms with Crippen LogP contribution in [0.2, 0.25) is 0 Å². The number of rotatable bonds is 5. The number of benzene rings is 1. The lowest BCUT2D eigenvalue weighted by Gasteiger charge is -2.16. The first-order valence-electron chi connectivity index (χ1n) is 10.1. The minimum absolute atomic E-state index is 0.0662. The van der Waals surface area contributed by atoms with Crippen LogP contribution in [0, 0.1) is 19.7 Å². The van der Waals surface area contributed by atoms with Crippen LogP contribution < -0.4 is 5.32 Å². The number of carbonyl (C=O) groups excluding carboxylic acids is 1. The Morgan fingerprint density at radius 1 is 1.17 bits per heavy atom. The van der Waals surface area contributed by atoms with Crippen molar-refractivity contribution in [1.82, 2.24) is 25.1 Å². The van der Waals surface area contributed by atoms with Gasteiger partial charge in [-0.25, -0.2) is 14.4 Å². The van der Waals surface area contributed by atoms with Crippen LogP contribution in [-0.2, 0) is 6.42 Å². The van der Waals surface area contributed by atoms with Crippen molar-refractivity contribution < 1.29 is 9.18 Å². The Balaban J connectivity index is 0.000000310. The molecule has 0 radical (unpaired) electrons. The van der Waals surface area contributed by atoms with E-state index in [1.54, 1.807) is 18.2 Å². The monoisotopic (exact) mass is 410 g/mol. The maximum Gasteiger partial charge on any atom is 0.291 e. The number of amides is 1. The largest absolute Gasteiger partial charge is 0.369 e. The van der Waals surface area contributed by atoms with Gasteiger partial charge in [0.05, 0.1) is 6.20 Å². The summed E-state index contributed by atoms with van der Waals surface area (Å²) in [6.45, 7) is 6.23. The smallest absolute Gasteiger partial charge is 0.291 e. The average molecular weight is 410 g/mol. The predicted octanol–water partition coefficient (Wildman–Crippen LogP) is 3.53. The zero-order chi connectivity index (χ0) is 21.3. The molecule has 1 aromatic carbocycles. The zero-order valence-corrected chi connectivity index (χ0v) is 17.4. The highest BCUT2D eigenvalue weighted by molar-refractivity contribution is 5.91. The van der Waals surface area contributed by atoms with Crippen molar-refractivity contribution in [3.8, 4) is 0 Å². The molecule has 0 aliphatic carbocycles. The van der Waals surface area contributed by atoms with Gasteiger partial charge in [-0.3, -0.25) is 9.89 Å². The normalized spacial score (nSPS) is 13.0. The van der Waals surface area contributed by atoms with Gasteiger partial charge in [-0.2, -0.15) is 5.10 Å². The Kier molecular flexibility index (Phi) is 7.48. The highest BCUT2D eigenvalue weighted by Crippen LogP contribution is 2.17. The molecule has 1 aliphatic heterocycles. The van der Waals surface area contributed by atoms with Gasteiger partial charge in [0.2, 0.25) is 5.82 Å². The quantitative estimate of drug-likeness (QED) is 0.672. The summed E-state index contributed by atoms with van der Waals surface area (Å²) in [4.78, 5) is 23.2. The minimum Gasteiger partial charge on any atom is -0.369 e. The number of anilines is 1. The van der Waals surface area contributed by atoms with Crippen molar-refractivity contribution in [2.24, 2.45) is 0 Å². The van der Waals surface area contributed by atoms with Crippen molar-refractivity contribution in [3.05, 3.63) is 71.2 Å². The van der Waals surface area contributed by atoms with E-state index in [1.807, 2.05) is 31.1 Å². The molecule has 30 heavy (non-hydrogen) atoms. The Morgan fingerprint density at radius 3 is 2.50 bits per heavy atom. The first-order chi connectivity index (χ1) is 14.5. The molecule has 7 nitrogen and oxygen atoms in total. The first kappa shape index (κ1) is 21.4. The fourth-order valence-electron chi connectivity index (χ4n) is 3.11. The molecule has 1 fully saturated rings. The van der Waals surface area contributed by atoms with Crippen LogP contribution >= 0.6 is 0 Å². The maximum atomic E-state index is 12.5. The van der Waals surface area contributed by atoms with Crippen molar-refractivity contribution >= 4 is 11.7 Å². The fourth-order valence-corrected chi connectivity index (χ4v) is 3.11. The second kappa shape index (κ2) is 10.5. The number of nitrogens with zero attached hydrogens (tertiary/aromatic N) is 4. The van der Waals surface area contributed by atoms with E-state index >= 15 is 0 Å². The van der Waals surface area contributed by atoms with Crippen LogP contribution in [0.15, 0.2) is 42.7 Å². The predicted molar refractivity (Wildman–Crippen MR) is 114 cm³/mol. The number of aryl methyl sites for hydroxylation is 1. The van der Waals surface area contributed by atoms with E-state index in [1.165, 1.54) is 12.1 Å². The fraction of sp³-hybridized carbons (Fsp3) is 0.364. The van der Waals surface area contributed by atoms with Gasteiger partial charge >= 0.3 is 0 Å². The van der Waals surface area contributed by atoms with Gasteiger partial charge < -0.3 is 10.2 Å². The number of H-pyrrole nitrogens is 1. The summed E-state index contributed by atoms with van der Waals surface area (Å²) in [7, 11) is 0. The van der Waals surface area contributed by atoms with Crippen LogP contribution in [0.25, 0.3) is 0 Å². The molecule has 0 unspecified atom stereocenters. The summed E-state index contributed by atoms with van der Waals surface area (Å²) in [6.07, 6.45) is 6.65. The van der Waals surface area contributed by atoms with Crippen molar-refractivity contribution in [2.45, 2.75) is 33.1 Å². The Morgan fingerprint density at radius 2 is 1.90 bits per heavy atom. The summed E-state index contributed by atoms with van der Waals surface area (Å²) in [5.74, 6) is 0.787. The standard InChI is InChI=1S/C16H22N6O.C6H5F/c1-11-12(2)20-15(16(23)22-7-3-4-8-22)21-14(11)17-6-5-13-9-18-19-10-13;7-6-4-2-1-3-5-6/h9-10H,3-8H2,1-2H3,(H,18,19)(H,17,20,21);1-5H. The summed E-state index contributed by atoms with van der Waals surface area (Å²) in [6, 6.07) is 7.94. The molecule has 158 valence electrons. The molecule has 2 aromatic heterocycles. The molecular formula is C22H27FN6O. The molecule has 3 aromatic rings. The van der Waals surface area contributed by atoms with Gasteiger partial charge in [0.25, 0.3) is 5.91 Å². The number of halogens is 1. The van der Waals surface area contributed by atoms with Crippen LogP contribution in [0.1, 0.15) is 40.3 Å². The molecule has 0 atom stereocenters. The Hall–Kier alpha value is -3.29. The second-order valence-corrected chi connectivity index (χ2v) is 7.18. The molecule has 0 spiro atoms. The van der Waals surface area contributed by atoms with E-state index in [2.05, 4.69) is 25.5 Å². The van der Waals surface area contributed by atoms with Gasteiger partial charge in [0.15, 0.2) is 0 Å². The van der Waals surface area contributed by atoms with Gasteiger partial charge in [0, 0.05) is 37.1 Å². The van der Waals surface area contributed by atoms with Gasteiger partial charge in [-0.1, -0.05) is 18.2 Å². The number of aromatic nitrogens is 4. The molecule has 1 amide bonds. The van der Waals surface area contributed by atoms with E-state index in [0.717, 1.165) is 61.5 Å². The molecule has 1 aliphatic rings. The molecular weight excluding hydrogens is 383 g/mol. The average Bonchev–Trinajstić information content (AvgIpc) is 3.46. The summed E-state index contributed by atoms with van der Waals surface area (Å²) in [5.41, 5.74) is 2.96. The number of hydrogen-bond donors (Lipinski definition) is 2. The lowest BCUT2D eigenvalue weighted by Crippen LogP contribution is -2.30. The van der Waals surface area contributed by atoms with Gasteiger partial charge in [0.1, 0.15) is 11.6 Å². The summed E-state index contributed by atoms with van der Waals surface area (Å²) < 4.78 is 11.9. The van der Waals surface area contributed by atoms with Crippen LogP contribution in [0.4, 0.5) is 10.2 Å². The molecule has 2 N–H and O–H groups in total. The topological polar surface area (TPSA) is 86.8 Å². The summed E-state index contributed by atoms with van der Waals surface area (Å²) in [5, 5.41) is 10.0. The van der Waals surface area contributed by atoms with E-state index < -0.39 is 0 Å². The molecule has 0 bridgehead atoms. The molecule has 3 heterocycles. The first-order valence-corrected chi connectivity index (χ1v) is 10.1. The molecule has 0 saturated carbocycles. The lowest BCUT2D eigenvalue weighted by atomic mass is 10.2. The number of hydrogen-bond acceptors (Lipinski definition) is 5. The van der Waals surface area contributed by atoms with Gasteiger partial charge in [-0.15, -0.1) is 0 Å². The Labute approximate surface area is 175 Å². The molecule has 4 rings (SSSR count). The number of aromatic amines is 1. The van der Waals surface area contributed by atoms with Crippen molar-refractivity contribution in [1.29, 1.82) is 0 Å². The second-order valence-electron chi connectivity index (χ2n) is 7.18. The third-order valence-electron chi connectivity index (χ3n) is 4.97. The SMILES string of the molecule is Cc1nc(C(=O)N2CCCC2)nc(NCCc2cn[nH]c2)c1C.Fc1ccccc1. The van der Waals surface area contributed by atoms with Crippen LogP contribution in [0.3, 0.4) is 0 Å². The van der Waals surface area contributed by atoms with Gasteiger partial charge in [-0.05, 0) is 50.8 Å². The Bertz CT molecular complexity index is 940. The third kappa shape index (κ3) is 5.85. The molecule has 8 heteroatoms. The summed E-state index contributed by atoms with van der Waals surface area (Å²) >= 11 is 0. The lowest BCUT2D eigenvalue weighted by molar-refractivity contribution is 0.0780. The van der Waals surface area contributed by atoms with E-state index in [4.69, 9.17) is 0 Å². The van der Waals surface area contributed by atoms with E-state index in [0.29, 0.717) is 5.82 Å². The highest BCUT2D eigenvalue weighted by atomic mass is 19.1. The van der Waals surface area contributed by atoms with Crippen molar-refractivity contribution in [3.63, 3.8) is 0 Å². The van der Waals surface area contributed by atoms with E-state index in [-0.39, 0.29) is 11.7 Å². The highest BCUT2D eigenvalue weighted by Gasteiger charge is 2.23. The number of nitrogens with one attached hydrogen (secondary N) is 2. The third-order valence-corrected chi connectivity index (χ3v) is 4.97. The zero-order valence-electron chi connectivity index (χ0n) is 17.4. The molecule has 1 saturated heterocycles. The minimum atomic E-state index is -0.178. The number of likely N-dealkylation sites (tertiary alicyclic amines) is 1.